The molecule has 0 unspecified atom stereocenters. The fourth-order valence-corrected chi connectivity index (χ4v) is 3.73. The number of hydrazine groups is 1. The molecular weight excluding hydrogens is 516 g/mol. The highest BCUT2D eigenvalue weighted by Gasteiger charge is 2.26. The molecule has 0 aliphatic rings. The number of rotatable bonds is 10. The Hall–Kier alpha value is -5.06. The minimum Gasteiger partial charge on any atom is -0.497 e. The van der Waals surface area contributed by atoms with Gasteiger partial charge >= 0.3 is 0 Å². The summed E-state index contributed by atoms with van der Waals surface area (Å²) in [5.74, 6) is -1.13. The second kappa shape index (κ2) is 13.7. The van der Waals surface area contributed by atoms with Crippen LogP contribution in [0, 0.1) is 5.92 Å². The van der Waals surface area contributed by atoms with Gasteiger partial charge in [0.15, 0.2) is 11.5 Å². The maximum absolute atomic E-state index is 13.2. The Balaban J connectivity index is 1.68. The molecule has 4 amide bonds. The number of hydrogen-bond acceptors (Lipinski definition) is 7. The number of carbonyl (C=O) groups is 4. The van der Waals surface area contributed by atoms with Gasteiger partial charge in [0.25, 0.3) is 23.6 Å². The minimum atomic E-state index is -0.997. The molecule has 3 aromatic carbocycles. The second-order valence-corrected chi connectivity index (χ2v) is 8.94. The van der Waals surface area contributed by atoms with Crippen molar-refractivity contribution < 1.29 is 33.4 Å². The highest BCUT2D eigenvalue weighted by atomic mass is 16.5. The van der Waals surface area contributed by atoms with Crippen LogP contribution in [0.4, 0.5) is 5.69 Å². The van der Waals surface area contributed by atoms with Crippen LogP contribution in [0.25, 0.3) is 0 Å². The molecule has 3 aromatic rings. The van der Waals surface area contributed by atoms with Gasteiger partial charge in [0, 0.05) is 11.1 Å². The van der Waals surface area contributed by atoms with Gasteiger partial charge in [-0.05, 0) is 60.5 Å². The molecule has 11 nitrogen and oxygen atoms in total. The number of carbonyl (C=O) groups excluding carboxylic acids is 4. The van der Waals surface area contributed by atoms with Gasteiger partial charge in [-0.3, -0.25) is 30.0 Å². The van der Waals surface area contributed by atoms with Crippen molar-refractivity contribution in [3.63, 3.8) is 0 Å². The van der Waals surface area contributed by atoms with Gasteiger partial charge in [-0.15, -0.1) is 0 Å². The Morgan fingerprint density at radius 1 is 0.675 bits per heavy atom. The van der Waals surface area contributed by atoms with E-state index in [9.17, 15) is 19.2 Å². The summed E-state index contributed by atoms with van der Waals surface area (Å²) in [7, 11) is 4.45. The summed E-state index contributed by atoms with van der Waals surface area (Å²) in [6.07, 6.45) is 0. The van der Waals surface area contributed by atoms with Crippen LogP contribution in [-0.2, 0) is 4.79 Å². The van der Waals surface area contributed by atoms with E-state index in [4.69, 9.17) is 14.2 Å². The van der Waals surface area contributed by atoms with Crippen molar-refractivity contribution in [2.75, 3.05) is 26.6 Å². The van der Waals surface area contributed by atoms with E-state index in [0.717, 1.165) is 0 Å². The average Bonchev–Trinajstić information content (AvgIpc) is 2.97. The Labute approximate surface area is 232 Å². The fourth-order valence-electron chi connectivity index (χ4n) is 3.73. The number of hydrogen-bond donors (Lipinski definition) is 4. The van der Waals surface area contributed by atoms with Crippen molar-refractivity contribution in [1.29, 1.82) is 0 Å². The Morgan fingerprint density at radius 2 is 1.32 bits per heavy atom. The number of nitrogens with one attached hydrogen (secondary N) is 4. The normalized spacial score (nSPS) is 11.2. The molecule has 0 spiro atoms. The quantitative estimate of drug-likeness (QED) is 0.285. The molecule has 11 heteroatoms. The number of anilines is 1. The van der Waals surface area contributed by atoms with Crippen LogP contribution in [0.5, 0.6) is 17.2 Å². The fraction of sp³-hybridized carbons (Fsp3) is 0.241. The molecule has 3 rings (SSSR count). The van der Waals surface area contributed by atoms with Crippen LogP contribution in [0.3, 0.4) is 0 Å². The van der Waals surface area contributed by atoms with Crippen molar-refractivity contribution in [2.24, 2.45) is 5.92 Å². The second-order valence-electron chi connectivity index (χ2n) is 8.94. The molecule has 0 aliphatic heterocycles. The van der Waals surface area contributed by atoms with E-state index in [2.05, 4.69) is 21.5 Å². The number of benzene rings is 3. The van der Waals surface area contributed by atoms with E-state index < -0.39 is 29.7 Å². The van der Waals surface area contributed by atoms with Gasteiger partial charge in [0.2, 0.25) is 0 Å². The van der Waals surface area contributed by atoms with Crippen molar-refractivity contribution in [3.05, 3.63) is 83.4 Å². The maximum Gasteiger partial charge on any atom is 0.269 e. The van der Waals surface area contributed by atoms with E-state index >= 15 is 0 Å². The summed E-state index contributed by atoms with van der Waals surface area (Å²) in [6.45, 7) is 3.50. The van der Waals surface area contributed by atoms with Crippen molar-refractivity contribution in [3.8, 4) is 17.2 Å². The lowest BCUT2D eigenvalue weighted by Gasteiger charge is -2.22. The predicted molar refractivity (Wildman–Crippen MR) is 149 cm³/mol. The molecule has 40 heavy (non-hydrogen) atoms. The SMILES string of the molecule is COc1ccc(C(=O)Nc2ccccc2C(=O)N[C@@H](C(=O)NNC(=O)c2ccc(OC)c(OC)c2)C(C)C)cc1. The molecule has 0 aliphatic carbocycles. The first-order chi connectivity index (χ1) is 19.2. The van der Waals surface area contributed by atoms with Crippen LogP contribution in [0.2, 0.25) is 0 Å². The molecule has 4 N–H and O–H groups in total. The Kier molecular flexibility index (Phi) is 10.1. The van der Waals surface area contributed by atoms with E-state index in [1.54, 1.807) is 62.4 Å². The molecule has 0 saturated heterocycles. The smallest absolute Gasteiger partial charge is 0.269 e. The van der Waals surface area contributed by atoms with Gasteiger partial charge < -0.3 is 24.8 Å². The molecule has 0 heterocycles. The summed E-state index contributed by atoms with van der Waals surface area (Å²) in [5, 5.41) is 5.43. The zero-order valence-corrected chi connectivity index (χ0v) is 22.9. The van der Waals surface area contributed by atoms with Gasteiger partial charge in [-0.25, -0.2) is 0 Å². The topological polar surface area (TPSA) is 144 Å². The number of amides is 4. The largest absolute Gasteiger partial charge is 0.497 e. The van der Waals surface area contributed by atoms with Crippen molar-refractivity contribution >= 4 is 29.3 Å². The molecule has 0 fully saturated rings. The summed E-state index contributed by atoms with van der Waals surface area (Å²) in [4.78, 5) is 51.5. The summed E-state index contributed by atoms with van der Waals surface area (Å²) >= 11 is 0. The first kappa shape index (κ1) is 29.5. The summed E-state index contributed by atoms with van der Waals surface area (Å²) in [5.41, 5.74) is 5.74. The third-order valence-corrected chi connectivity index (χ3v) is 5.95. The molecule has 0 bridgehead atoms. The number of methoxy groups -OCH3 is 3. The molecular formula is C29H32N4O7. The molecule has 0 aromatic heterocycles. The van der Waals surface area contributed by atoms with Crippen LogP contribution in [0.1, 0.15) is 44.9 Å². The summed E-state index contributed by atoms with van der Waals surface area (Å²) in [6, 6.07) is 16.5. The first-order valence-electron chi connectivity index (χ1n) is 12.4. The number of ether oxygens (including phenoxy) is 3. The Bertz CT molecular complexity index is 1370. The van der Waals surface area contributed by atoms with E-state index in [1.807, 2.05) is 0 Å². The lowest BCUT2D eigenvalue weighted by molar-refractivity contribution is -0.124. The third kappa shape index (κ3) is 7.28. The van der Waals surface area contributed by atoms with Crippen LogP contribution >= 0.6 is 0 Å². The van der Waals surface area contributed by atoms with Gasteiger partial charge in [-0.1, -0.05) is 26.0 Å². The van der Waals surface area contributed by atoms with E-state index in [0.29, 0.717) is 22.8 Å². The van der Waals surface area contributed by atoms with Crippen LogP contribution in [-0.4, -0.2) is 51.0 Å². The highest BCUT2D eigenvalue weighted by Crippen LogP contribution is 2.27. The predicted octanol–water partition coefficient (Wildman–Crippen LogP) is 3.18. The molecule has 0 saturated carbocycles. The average molecular weight is 549 g/mol. The van der Waals surface area contributed by atoms with Gasteiger partial charge in [0.1, 0.15) is 11.8 Å². The molecule has 210 valence electrons. The number of para-hydroxylation sites is 1. The molecule has 1 atom stereocenters. The van der Waals surface area contributed by atoms with E-state index in [1.165, 1.54) is 39.5 Å². The highest BCUT2D eigenvalue weighted by molar-refractivity contribution is 6.09. The van der Waals surface area contributed by atoms with Crippen LogP contribution < -0.4 is 35.7 Å². The lowest BCUT2D eigenvalue weighted by Crippen LogP contribution is -2.54. The monoisotopic (exact) mass is 548 g/mol. The van der Waals surface area contributed by atoms with Gasteiger partial charge in [-0.2, -0.15) is 0 Å². The minimum absolute atomic E-state index is 0.164. The zero-order chi connectivity index (χ0) is 29.2. The van der Waals surface area contributed by atoms with Gasteiger partial charge in [0.05, 0.1) is 32.6 Å². The lowest BCUT2D eigenvalue weighted by atomic mass is 10.0. The van der Waals surface area contributed by atoms with E-state index in [-0.39, 0.29) is 22.7 Å². The molecule has 0 radical (unpaired) electrons. The zero-order valence-electron chi connectivity index (χ0n) is 22.9. The van der Waals surface area contributed by atoms with Crippen molar-refractivity contribution in [1.82, 2.24) is 16.2 Å². The first-order valence-corrected chi connectivity index (χ1v) is 12.4. The third-order valence-electron chi connectivity index (χ3n) is 5.95. The maximum atomic E-state index is 13.2. The summed E-state index contributed by atoms with van der Waals surface area (Å²) < 4.78 is 15.5. The van der Waals surface area contributed by atoms with Crippen molar-refractivity contribution in [2.45, 2.75) is 19.9 Å². The van der Waals surface area contributed by atoms with Crippen LogP contribution in [0.15, 0.2) is 66.7 Å². The standard InChI is InChI=1S/C29H32N4O7/c1-17(2)25(29(37)33-32-27(35)19-12-15-23(39-4)24(16-19)40-5)31-28(36)21-8-6-7-9-22(21)30-26(34)18-10-13-20(38-3)14-11-18/h6-17,25H,1-5H3,(H,30,34)(H,31,36)(H,32,35)(H,33,37)/t25-/m1/s1. The Morgan fingerprint density at radius 3 is 1.95 bits per heavy atom.